The molecule has 22 heavy (non-hydrogen) atoms. The number of alkyl carbamates (subject to hydrolysis) is 1. The average molecular weight is 309 g/mol. The van der Waals surface area contributed by atoms with Crippen LogP contribution in [0.25, 0.3) is 0 Å². The van der Waals surface area contributed by atoms with Gasteiger partial charge < -0.3 is 15.4 Å². The Morgan fingerprint density at radius 1 is 1.23 bits per heavy atom. The van der Waals surface area contributed by atoms with Gasteiger partial charge in [0.2, 0.25) is 0 Å². The van der Waals surface area contributed by atoms with E-state index in [1.807, 2.05) is 54.8 Å². The van der Waals surface area contributed by atoms with E-state index >= 15 is 0 Å². The zero-order valence-electron chi connectivity index (χ0n) is 15.0. The van der Waals surface area contributed by atoms with Crippen LogP contribution in [0.2, 0.25) is 0 Å². The van der Waals surface area contributed by atoms with Crippen LogP contribution in [0.15, 0.2) is 36.3 Å². The molecule has 0 unspecified atom stereocenters. The lowest BCUT2D eigenvalue weighted by atomic mass is 9.88. The van der Waals surface area contributed by atoms with Gasteiger partial charge in [-0.25, -0.2) is 4.79 Å². The number of hydrogen-bond acceptors (Lipinski definition) is 4. The Balaban J connectivity index is 4.89. The summed E-state index contributed by atoms with van der Waals surface area (Å²) in [4.78, 5) is 12.0. The highest BCUT2D eigenvalue weighted by atomic mass is 16.6. The topological polar surface area (TPSA) is 62.4 Å². The molecule has 0 bridgehead atoms. The second kappa shape index (κ2) is 8.51. The Hall–Kier alpha value is -1.91. The Morgan fingerprint density at radius 2 is 1.82 bits per heavy atom. The number of carbonyl (C=O) groups excluding carboxylic acids is 1. The summed E-state index contributed by atoms with van der Waals surface area (Å²) in [5.74, 6) is 0. The maximum Gasteiger partial charge on any atom is 0.411 e. The number of allylic oxidation sites excluding steroid dienone is 3. The van der Waals surface area contributed by atoms with Crippen molar-refractivity contribution in [3.63, 3.8) is 0 Å². The molecule has 0 radical (unpaired) electrons. The van der Waals surface area contributed by atoms with E-state index in [1.54, 1.807) is 12.2 Å². The number of amides is 1. The maximum atomic E-state index is 12.0. The van der Waals surface area contributed by atoms with Crippen molar-refractivity contribution in [2.45, 2.75) is 47.1 Å². The molecule has 0 aliphatic heterocycles. The maximum absolute atomic E-state index is 12.0. The lowest BCUT2D eigenvalue weighted by molar-refractivity contribution is 0.0534. The van der Waals surface area contributed by atoms with Crippen LogP contribution in [-0.2, 0) is 4.74 Å². The summed E-state index contributed by atoms with van der Waals surface area (Å²) in [5.41, 5.74) is 0.957. The first-order valence-corrected chi connectivity index (χ1v) is 7.43. The van der Waals surface area contributed by atoms with Crippen LogP contribution in [0.4, 0.5) is 4.79 Å². The smallest absolute Gasteiger partial charge is 0.411 e. The summed E-state index contributed by atoms with van der Waals surface area (Å²) in [7, 11) is 1.87. The molecule has 0 aliphatic rings. The van der Waals surface area contributed by atoms with Gasteiger partial charge in [-0.2, -0.15) is 0 Å². The molecule has 0 atom stereocenters. The number of rotatable bonds is 7. The van der Waals surface area contributed by atoms with E-state index in [4.69, 9.17) is 4.74 Å². The van der Waals surface area contributed by atoms with Crippen molar-refractivity contribution in [3.8, 4) is 0 Å². The van der Waals surface area contributed by atoms with Gasteiger partial charge in [-0.1, -0.05) is 26.5 Å². The van der Waals surface area contributed by atoms with Gasteiger partial charge >= 0.3 is 6.09 Å². The van der Waals surface area contributed by atoms with E-state index in [-0.39, 0.29) is 5.41 Å². The standard InChI is InChI=1S/C17H31N3O2/c1-9-10-14(20-15(21)22-16(3,4)5)17(6,7)12-19-11-13(2)18-8/h9-11,18-19H,1,12H2,2-8H3,(H,20,21)/b13-11+,14-10+. The van der Waals surface area contributed by atoms with Gasteiger partial charge in [0.15, 0.2) is 0 Å². The quantitative estimate of drug-likeness (QED) is 0.632. The summed E-state index contributed by atoms with van der Waals surface area (Å²) in [6.07, 6.45) is 4.89. The molecule has 5 nitrogen and oxygen atoms in total. The summed E-state index contributed by atoms with van der Waals surface area (Å²) >= 11 is 0. The van der Waals surface area contributed by atoms with E-state index in [0.717, 1.165) is 11.4 Å². The van der Waals surface area contributed by atoms with E-state index in [9.17, 15) is 4.79 Å². The Morgan fingerprint density at radius 3 is 2.27 bits per heavy atom. The molecule has 0 saturated carbocycles. The molecular formula is C17H31N3O2. The predicted molar refractivity (Wildman–Crippen MR) is 92.3 cm³/mol. The van der Waals surface area contributed by atoms with Gasteiger partial charge in [-0.05, 0) is 33.8 Å². The minimum Gasteiger partial charge on any atom is -0.444 e. The minimum atomic E-state index is -0.529. The van der Waals surface area contributed by atoms with Crippen LogP contribution < -0.4 is 16.0 Å². The van der Waals surface area contributed by atoms with Gasteiger partial charge in [0, 0.05) is 36.6 Å². The second-order valence-corrected chi connectivity index (χ2v) is 6.79. The van der Waals surface area contributed by atoms with Crippen LogP contribution in [-0.4, -0.2) is 25.3 Å². The zero-order chi connectivity index (χ0) is 17.4. The van der Waals surface area contributed by atoms with Crippen molar-refractivity contribution in [1.29, 1.82) is 0 Å². The molecule has 0 saturated heterocycles. The molecule has 0 aromatic heterocycles. The normalized spacial score (nSPS) is 13.4. The number of hydrogen-bond donors (Lipinski definition) is 3. The van der Waals surface area contributed by atoms with Crippen molar-refractivity contribution >= 4 is 6.09 Å². The Kier molecular flexibility index (Phi) is 7.77. The highest BCUT2D eigenvalue weighted by molar-refractivity contribution is 5.70. The Labute approximate surface area is 134 Å². The van der Waals surface area contributed by atoms with Gasteiger partial charge in [0.1, 0.15) is 5.60 Å². The zero-order valence-corrected chi connectivity index (χ0v) is 15.0. The molecule has 0 spiro atoms. The summed E-state index contributed by atoms with van der Waals surface area (Å²) in [6.45, 7) is 15.9. The molecule has 0 aromatic carbocycles. The van der Waals surface area contributed by atoms with Gasteiger partial charge in [0.05, 0.1) is 0 Å². The third-order valence-electron chi connectivity index (χ3n) is 2.91. The van der Waals surface area contributed by atoms with Gasteiger partial charge in [0.25, 0.3) is 0 Å². The largest absolute Gasteiger partial charge is 0.444 e. The van der Waals surface area contributed by atoms with Crippen LogP contribution in [0, 0.1) is 5.41 Å². The van der Waals surface area contributed by atoms with Gasteiger partial charge in [-0.3, -0.25) is 5.32 Å². The summed E-state index contributed by atoms with van der Waals surface area (Å²) < 4.78 is 5.30. The van der Waals surface area contributed by atoms with E-state index in [1.165, 1.54) is 0 Å². The van der Waals surface area contributed by atoms with Crippen LogP contribution in [0.5, 0.6) is 0 Å². The lowest BCUT2D eigenvalue weighted by Crippen LogP contribution is -2.39. The van der Waals surface area contributed by atoms with Gasteiger partial charge in [-0.15, -0.1) is 0 Å². The molecule has 0 heterocycles. The molecule has 3 N–H and O–H groups in total. The Bertz CT molecular complexity index is 443. The lowest BCUT2D eigenvalue weighted by Gasteiger charge is -2.29. The molecule has 0 aromatic rings. The number of nitrogens with one attached hydrogen (secondary N) is 3. The molecule has 0 fully saturated rings. The van der Waals surface area contributed by atoms with Crippen LogP contribution in [0.1, 0.15) is 41.5 Å². The van der Waals surface area contributed by atoms with E-state index in [0.29, 0.717) is 6.54 Å². The van der Waals surface area contributed by atoms with Crippen molar-refractivity contribution in [2.24, 2.45) is 5.41 Å². The molecule has 0 aliphatic carbocycles. The van der Waals surface area contributed by atoms with Crippen LogP contribution in [0.3, 0.4) is 0 Å². The monoisotopic (exact) mass is 309 g/mol. The first kappa shape index (κ1) is 20.1. The minimum absolute atomic E-state index is 0.296. The average Bonchev–Trinajstić information content (AvgIpc) is 2.35. The van der Waals surface area contributed by atoms with Crippen molar-refractivity contribution in [1.82, 2.24) is 16.0 Å². The highest BCUT2D eigenvalue weighted by Crippen LogP contribution is 2.24. The van der Waals surface area contributed by atoms with Crippen molar-refractivity contribution in [3.05, 3.63) is 36.3 Å². The molecule has 0 rings (SSSR count). The molecule has 1 amide bonds. The third kappa shape index (κ3) is 8.39. The third-order valence-corrected chi connectivity index (χ3v) is 2.91. The van der Waals surface area contributed by atoms with Crippen molar-refractivity contribution < 1.29 is 9.53 Å². The number of ether oxygens (including phenoxy) is 1. The molecule has 5 heteroatoms. The molecule has 126 valence electrons. The molecular weight excluding hydrogens is 278 g/mol. The predicted octanol–water partition coefficient (Wildman–Crippen LogP) is 3.28. The second-order valence-electron chi connectivity index (χ2n) is 6.79. The summed E-state index contributed by atoms with van der Waals surface area (Å²) in [6, 6.07) is 0. The SMILES string of the molecule is C=C/C=C(/NC(=O)OC(C)(C)C)C(C)(C)CN/C=C(\C)NC. The van der Waals surface area contributed by atoms with E-state index in [2.05, 4.69) is 22.5 Å². The summed E-state index contributed by atoms with van der Waals surface area (Å²) in [5, 5.41) is 9.11. The number of carbonyl (C=O) groups is 1. The fourth-order valence-electron chi connectivity index (χ4n) is 1.59. The fourth-order valence-corrected chi connectivity index (χ4v) is 1.59. The van der Waals surface area contributed by atoms with E-state index < -0.39 is 11.7 Å². The highest BCUT2D eigenvalue weighted by Gasteiger charge is 2.26. The first-order valence-electron chi connectivity index (χ1n) is 7.43. The first-order chi connectivity index (χ1) is 10.0. The fraction of sp³-hybridized carbons (Fsp3) is 0.588. The van der Waals surface area contributed by atoms with Crippen LogP contribution >= 0.6 is 0 Å². The van der Waals surface area contributed by atoms with Crippen molar-refractivity contribution in [2.75, 3.05) is 13.6 Å².